The van der Waals surface area contributed by atoms with Crippen LogP contribution < -0.4 is 24.3 Å². The summed E-state index contributed by atoms with van der Waals surface area (Å²) in [6.45, 7) is 2.02. The highest BCUT2D eigenvalue weighted by Gasteiger charge is 2.14. The molecule has 0 amide bonds. The molecule has 0 saturated heterocycles. The lowest BCUT2D eigenvalue weighted by Crippen LogP contribution is -2.13. The Bertz CT molecular complexity index is 1040. The summed E-state index contributed by atoms with van der Waals surface area (Å²) in [6.07, 6.45) is 0. The maximum atomic E-state index is 6.22. The molecule has 1 aliphatic rings. The summed E-state index contributed by atoms with van der Waals surface area (Å²) < 4.78 is 23.2. The summed E-state index contributed by atoms with van der Waals surface area (Å²) >= 11 is 9.83. The lowest BCUT2D eigenvalue weighted by molar-refractivity contribution is 0.174. The molecule has 1 N–H and O–H groups in total. The fourth-order valence-electron chi connectivity index (χ4n) is 3.18. The second kappa shape index (κ2) is 9.60. The molecule has 156 valence electrons. The van der Waals surface area contributed by atoms with Crippen molar-refractivity contribution in [2.45, 2.75) is 19.7 Å². The summed E-state index contributed by atoms with van der Waals surface area (Å²) in [5, 5.41) is 4.12. The van der Waals surface area contributed by atoms with Gasteiger partial charge in [0.15, 0.2) is 23.0 Å². The van der Waals surface area contributed by atoms with Crippen molar-refractivity contribution in [1.82, 2.24) is 5.32 Å². The molecule has 0 bridgehead atoms. The molecule has 1 heterocycles. The van der Waals surface area contributed by atoms with Gasteiger partial charge >= 0.3 is 0 Å². The maximum absolute atomic E-state index is 6.22. The minimum absolute atomic E-state index is 0.283. The highest BCUT2D eigenvalue weighted by Crippen LogP contribution is 2.37. The fraction of sp³-hybridized carbons (Fsp3) is 0.217. The van der Waals surface area contributed by atoms with Gasteiger partial charge in [0.25, 0.3) is 0 Å². The van der Waals surface area contributed by atoms with Crippen LogP contribution in [0.15, 0.2) is 59.1 Å². The number of hydrogen-bond donors (Lipinski definition) is 1. The summed E-state index contributed by atoms with van der Waals surface area (Å²) in [7, 11) is 1.63. The van der Waals surface area contributed by atoms with Crippen molar-refractivity contribution in [2.75, 3.05) is 13.9 Å². The number of ether oxygens (including phenoxy) is 4. The molecule has 0 unspecified atom stereocenters. The van der Waals surface area contributed by atoms with Gasteiger partial charge in [-0.1, -0.05) is 35.9 Å². The van der Waals surface area contributed by atoms with Gasteiger partial charge in [-0.15, -0.1) is 0 Å². The van der Waals surface area contributed by atoms with Crippen molar-refractivity contribution in [1.29, 1.82) is 0 Å². The van der Waals surface area contributed by atoms with E-state index in [1.165, 1.54) is 0 Å². The molecule has 0 atom stereocenters. The molecule has 5 nitrogen and oxygen atoms in total. The topological polar surface area (TPSA) is 49.0 Å². The van der Waals surface area contributed by atoms with Crippen LogP contribution in [-0.4, -0.2) is 13.9 Å². The van der Waals surface area contributed by atoms with Gasteiger partial charge in [-0.3, -0.25) is 0 Å². The number of benzene rings is 3. The molecular weight excluding hydrogens is 470 g/mol. The highest BCUT2D eigenvalue weighted by atomic mass is 79.9. The van der Waals surface area contributed by atoms with Gasteiger partial charge in [0.05, 0.1) is 11.6 Å². The Morgan fingerprint density at radius 3 is 2.63 bits per heavy atom. The van der Waals surface area contributed by atoms with Crippen molar-refractivity contribution in [3.05, 3.63) is 80.8 Å². The van der Waals surface area contributed by atoms with Crippen LogP contribution >= 0.6 is 27.5 Å². The summed E-state index contributed by atoms with van der Waals surface area (Å²) in [5.74, 6) is 2.90. The van der Waals surface area contributed by atoms with E-state index < -0.39 is 0 Å². The molecule has 0 aliphatic carbocycles. The summed E-state index contributed by atoms with van der Waals surface area (Å²) in [6, 6.07) is 17.6. The number of halogens is 2. The Morgan fingerprint density at radius 2 is 1.80 bits per heavy atom. The van der Waals surface area contributed by atoms with Gasteiger partial charge in [0.1, 0.15) is 6.61 Å². The van der Waals surface area contributed by atoms with E-state index in [4.69, 9.17) is 30.5 Å². The van der Waals surface area contributed by atoms with Crippen LogP contribution in [0.5, 0.6) is 23.0 Å². The van der Waals surface area contributed by atoms with Crippen LogP contribution in [0, 0.1) is 0 Å². The Morgan fingerprint density at radius 1 is 1.00 bits per heavy atom. The summed E-state index contributed by atoms with van der Waals surface area (Å²) in [4.78, 5) is 0. The van der Waals surface area contributed by atoms with Crippen LogP contribution in [0.25, 0.3) is 0 Å². The second-order valence-corrected chi connectivity index (χ2v) is 8.04. The largest absolute Gasteiger partial charge is 0.493 e. The number of nitrogens with one attached hydrogen (secondary N) is 1. The molecular formula is C23H21BrClNO4. The van der Waals surface area contributed by atoms with E-state index >= 15 is 0 Å². The Kier molecular flexibility index (Phi) is 6.67. The first-order chi connectivity index (χ1) is 14.6. The normalized spacial score (nSPS) is 12.1. The maximum Gasteiger partial charge on any atom is 0.231 e. The van der Waals surface area contributed by atoms with E-state index in [2.05, 4.69) is 21.2 Å². The zero-order chi connectivity index (χ0) is 20.9. The van der Waals surface area contributed by atoms with Gasteiger partial charge in [-0.05, 0) is 57.4 Å². The van der Waals surface area contributed by atoms with E-state index in [1.54, 1.807) is 7.11 Å². The monoisotopic (exact) mass is 489 g/mol. The van der Waals surface area contributed by atoms with E-state index in [0.29, 0.717) is 36.2 Å². The third kappa shape index (κ3) is 4.83. The van der Waals surface area contributed by atoms with Crippen molar-refractivity contribution in [2.24, 2.45) is 0 Å². The molecule has 3 aromatic carbocycles. The van der Waals surface area contributed by atoms with E-state index in [9.17, 15) is 0 Å². The quantitative estimate of drug-likeness (QED) is 0.438. The van der Waals surface area contributed by atoms with Crippen LogP contribution in [-0.2, 0) is 19.7 Å². The molecule has 7 heteroatoms. The van der Waals surface area contributed by atoms with Gasteiger partial charge < -0.3 is 24.3 Å². The predicted molar refractivity (Wildman–Crippen MR) is 120 cm³/mol. The number of fused-ring (bicyclic) bond motifs is 1. The zero-order valence-corrected chi connectivity index (χ0v) is 18.8. The van der Waals surface area contributed by atoms with Crippen LogP contribution in [0.3, 0.4) is 0 Å². The van der Waals surface area contributed by atoms with Crippen molar-refractivity contribution >= 4 is 27.5 Å². The van der Waals surface area contributed by atoms with E-state index in [0.717, 1.165) is 32.7 Å². The Balaban J connectivity index is 1.39. The van der Waals surface area contributed by atoms with Crippen molar-refractivity contribution in [3.8, 4) is 23.0 Å². The van der Waals surface area contributed by atoms with Gasteiger partial charge in [0, 0.05) is 23.7 Å². The minimum atomic E-state index is 0.283. The fourth-order valence-corrected chi connectivity index (χ4v) is 3.98. The molecule has 3 aromatic rings. The molecule has 0 saturated carbocycles. The number of rotatable bonds is 8. The number of hydrogen-bond acceptors (Lipinski definition) is 5. The Hall–Kier alpha value is -2.41. The predicted octanol–water partition coefficient (Wildman–Crippen LogP) is 5.71. The van der Waals surface area contributed by atoms with Crippen LogP contribution in [0.4, 0.5) is 0 Å². The van der Waals surface area contributed by atoms with Gasteiger partial charge in [-0.2, -0.15) is 0 Å². The molecule has 1 aliphatic heterocycles. The second-order valence-electron chi connectivity index (χ2n) is 6.78. The molecule has 30 heavy (non-hydrogen) atoms. The van der Waals surface area contributed by atoms with E-state index in [-0.39, 0.29) is 6.79 Å². The zero-order valence-electron chi connectivity index (χ0n) is 16.4. The van der Waals surface area contributed by atoms with Crippen LogP contribution in [0.2, 0.25) is 5.02 Å². The number of methoxy groups -OCH3 is 1. The smallest absolute Gasteiger partial charge is 0.231 e. The van der Waals surface area contributed by atoms with Crippen LogP contribution in [0.1, 0.15) is 16.7 Å². The minimum Gasteiger partial charge on any atom is -0.493 e. The first-order valence-corrected chi connectivity index (χ1v) is 10.6. The molecule has 4 rings (SSSR count). The van der Waals surface area contributed by atoms with Gasteiger partial charge in [0.2, 0.25) is 6.79 Å². The first-order valence-electron chi connectivity index (χ1n) is 9.46. The lowest BCUT2D eigenvalue weighted by atomic mass is 10.1. The third-order valence-corrected chi connectivity index (χ3v) is 5.67. The van der Waals surface area contributed by atoms with Crippen molar-refractivity contribution < 1.29 is 18.9 Å². The van der Waals surface area contributed by atoms with E-state index in [1.807, 2.05) is 54.6 Å². The molecule has 0 radical (unpaired) electrons. The standard InChI is InChI=1S/C23H21BrClNO4/c1-27-22-10-16(12-26-11-15-6-7-20-21(9-15)30-14-29-20)8-18(24)23(22)28-13-17-4-2-3-5-19(17)25/h2-10,26H,11-14H2,1H3. The average Bonchev–Trinajstić information content (AvgIpc) is 3.21. The molecule has 0 aromatic heterocycles. The first kappa shape index (κ1) is 20.8. The lowest BCUT2D eigenvalue weighted by Gasteiger charge is -2.15. The van der Waals surface area contributed by atoms with Crippen molar-refractivity contribution in [3.63, 3.8) is 0 Å². The summed E-state index contributed by atoms with van der Waals surface area (Å²) in [5.41, 5.74) is 3.12. The highest BCUT2D eigenvalue weighted by molar-refractivity contribution is 9.10. The molecule has 0 fully saturated rings. The molecule has 0 spiro atoms. The Labute approximate surface area is 189 Å². The average molecular weight is 491 g/mol. The van der Waals surface area contributed by atoms with Gasteiger partial charge in [-0.25, -0.2) is 0 Å². The SMILES string of the molecule is COc1cc(CNCc2ccc3c(c2)OCO3)cc(Br)c1OCc1ccccc1Cl. The third-order valence-electron chi connectivity index (χ3n) is 4.71.